The first kappa shape index (κ1) is 47.2. The molecule has 61 heavy (non-hydrogen) atoms. The number of nitrogens with one attached hydrogen (secondary N) is 4. The van der Waals surface area contributed by atoms with Crippen LogP contribution in [0.1, 0.15) is 84.9 Å². The summed E-state index contributed by atoms with van der Waals surface area (Å²) >= 11 is 0. The summed E-state index contributed by atoms with van der Waals surface area (Å²) in [4.78, 5) is 98.7. The number of nitrogens with zero attached hydrogens (tertiary/aromatic N) is 1. The van der Waals surface area contributed by atoms with Crippen LogP contribution in [-0.4, -0.2) is 89.8 Å². The molecule has 3 aromatic rings. The van der Waals surface area contributed by atoms with E-state index in [9.17, 15) is 33.6 Å². The Kier molecular flexibility index (Phi) is 16.4. The van der Waals surface area contributed by atoms with Crippen molar-refractivity contribution in [1.82, 2.24) is 26.3 Å². The molecule has 5 amide bonds. The smallest absolute Gasteiger partial charge is 0.408 e. The molecule has 0 spiro atoms. The Bertz CT molecular complexity index is 2000. The molecule has 0 fully saturated rings. The van der Waals surface area contributed by atoms with E-state index in [-0.39, 0.29) is 19.1 Å². The van der Waals surface area contributed by atoms with Gasteiger partial charge in [0.25, 0.3) is 5.91 Å². The second-order valence-corrected chi connectivity index (χ2v) is 16.4. The Morgan fingerprint density at radius 2 is 1.21 bits per heavy atom. The van der Waals surface area contributed by atoms with Crippen molar-refractivity contribution in [3.8, 4) is 11.1 Å². The van der Waals surface area contributed by atoms with E-state index in [4.69, 9.17) is 19.0 Å². The first-order valence-electron chi connectivity index (χ1n) is 20.2. The third kappa shape index (κ3) is 13.3. The SMILES string of the molecule is CC(C)[C@H](NC(=O)[C@@H](C(C)C)N(OC(=O)CNC(=O)[C@H](C)NC(=O)OC(C)(C)C)C(=O)[C@H](C)NC(=O)OCC1c2ccccc2-c2ccccc21)C(=O)OCc1ccccc1. The lowest BCUT2D eigenvalue weighted by atomic mass is 9.98. The molecule has 0 bridgehead atoms. The highest BCUT2D eigenvalue weighted by Gasteiger charge is 2.41. The number of alkyl carbamates (subject to hydrolysis) is 2. The van der Waals surface area contributed by atoms with Gasteiger partial charge >= 0.3 is 24.1 Å². The number of hydrogen-bond donors (Lipinski definition) is 4. The van der Waals surface area contributed by atoms with Crippen molar-refractivity contribution in [3.63, 3.8) is 0 Å². The van der Waals surface area contributed by atoms with Gasteiger partial charge in [0.05, 0.1) is 0 Å². The molecular weight excluding hydrogens is 787 g/mol. The quantitative estimate of drug-likeness (QED) is 0.0844. The van der Waals surface area contributed by atoms with Crippen LogP contribution in [0.5, 0.6) is 0 Å². The van der Waals surface area contributed by atoms with Crippen molar-refractivity contribution in [3.05, 3.63) is 95.6 Å². The normalized spacial score (nSPS) is 14.0. The van der Waals surface area contributed by atoms with Gasteiger partial charge in [-0.05, 0) is 74.3 Å². The average Bonchev–Trinajstić information content (AvgIpc) is 3.52. The Morgan fingerprint density at radius 1 is 0.656 bits per heavy atom. The van der Waals surface area contributed by atoms with E-state index in [1.54, 1.807) is 72.7 Å². The molecule has 3 aromatic carbocycles. The fourth-order valence-corrected chi connectivity index (χ4v) is 6.55. The van der Waals surface area contributed by atoms with Crippen LogP contribution in [0.3, 0.4) is 0 Å². The zero-order chi connectivity index (χ0) is 45.0. The zero-order valence-electron chi connectivity index (χ0n) is 36.1. The lowest BCUT2D eigenvalue weighted by Crippen LogP contribution is -2.60. The van der Waals surface area contributed by atoms with Gasteiger partial charge in [-0.1, -0.05) is 107 Å². The van der Waals surface area contributed by atoms with Crippen LogP contribution < -0.4 is 21.3 Å². The van der Waals surface area contributed by atoms with Crippen molar-refractivity contribution in [2.24, 2.45) is 11.8 Å². The Morgan fingerprint density at radius 3 is 1.77 bits per heavy atom. The summed E-state index contributed by atoms with van der Waals surface area (Å²) in [6.45, 7) is 13.3. The molecule has 328 valence electrons. The van der Waals surface area contributed by atoms with Gasteiger partial charge in [0.1, 0.15) is 43.5 Å². The minimum atomic E-state index is -1.55. The first-order chi connectivity index (χ1) is 28.8. The highest BCUT2D eigenvalue weighted by atomic mass is 16.7. The lowest BCUT2D eigenvalue weighted by Gasteiger charge is -2.34. The monoisotopic (exact) mass is 843 g/mol. The number of hydrogen-bond acceptors (Lipinski definition) is 11. The van der Waals surface area contributed by atoms with Crippen LogP contribution in [0.2, 0.25) is 0 Å². The molecule has 0 aromatic heterocycles. The molecule has 16 heteroatoms. The topological polar surface area (TPSA) is 208 Å². The van der Waals surface area contributed by atoms with Crippen molar-refractivity contribution in [2.45, 2.75) is 105 Å². The second-order valence-electron chi connectivity index (χ2n) is 16.4. The van der Waals surface area contributed by atoms with E-state index in [1.165, 1.54) is 13.8 Å². The minimum Gasteiger partial charge on any atom is -0.459 e. The summed E-state index contributed by atoms with van der Waals surface area (Å²) in [5.41, 5.74) is 3.92. The summed E-state index contributed by atoms with van der Waals surface area (Å²) in [6, 6.07) is 19.3. The van der Waals surface area contributed by atoms with Crippen LogP contribution in [-0.2, 0) is 49.6 Å². The van der Waals surface area contributed by atoms with Gasteiger partial charge in [0.2, 0.25) is 11.8 Å². The van der Waals surface area contributed by atoms with E-state index in [0.29, 0.717) is 5.06 Å². The predicted molar refractivity (Wildman–Crippen MR) is 224 cm³/mol. The summed E-state index contributed by atoms with van der Waals surface area (Å²) in [7, 11) is 0. The van der Waals surface area contributed by atoms with E-state index >= 15 is 0 Å². The van der Waals surface area contributed by atoms with E-state index in [0.717, 1.165) is 27.8 Å². The number of fused-ring (bicyclic) bond motifs is 3. The first-order valence-corrected chi connectivity index (χ1v) is 20.2. The van der Waals surface area contributed by atoms with Gasteiger partial charge in [-0.25, -0.2) is 19.2 Å². The Balaban J connectivity index is 1.50. The number of benzene rings is 3. The summed E-state index contributed by atoms with van der Waals surface area (Å²) in [6.07, 6.45) is -1.80. The number of ether oxygens (including phenoxy) is 3. The molecule has 1 aliphatic carbocycles. The summed E-state index contributed by atoms with van der Waals surface area (Å²) < 4.78 is 16.3. The van der Waals surface area contributed by atoms with Crippen molar-refractivity contribution in [2.75, 3.05) is 13.2 Å². The van der Waals surface area contributed by atoms with Crippen LogP contribution in [0.15, 0.2) is 78.9 Å². The fourth-order valence-electron chi connectivity index (χ4n) is 6.55. The number of amides is 5. The van der Waals surface area contributed by atoms with E-state index in [1.807, 2.05) is 54.6 Å². The molecule has 0 heterocycles. The van der Waals surface area contributed by atoms with Gasteiger partial charge in [0.15, 0.2) is 6.04 Å². The minimum absolute atomic E-state index is 0.0473. The van der Waals surface area contributed by atoms with E-state index < -0.39 is 90.0 Å². The highest BCUT2D eigenvalue weighted by molar-refractivity contribution is 5.94. The summed E-state index contributed by atoms with van der Waals surface area (Å²) in [5, 5.41) is 10.3. The molecule has 16 nitrogen and oxygen atoms in total. The number of carbonyl (C=O) groups excluding carboxylic acids is 7. The molecule has 0 saturated carbocycles. The third-order valence-corrected chi connectivity index (χ3v) is 9.59. The molecule has 4 N–H and O–H groups in total. The van der Waals surface area contributed by atoms with Crippen LogP contribution in [0.4, 0.5) is 9.59 Å². The lowest BCUT2D eigenvalue weighted by molar-refractivity contribution is -0.211. The van der Waals surface area contributed by atoms with Crippen molar-refractivity contribution >= 4 is 41.8 Å². The van der Waals surface area contributed by atoms with Gasteiger partial charge in [-0.15, -0.1) is 0 Å². The van der Waals surface area contributed by atoms with Gasteiger partial charge in [-0.2, -0.15) is 5.06 Å². The zero-order valence-corrected chi connectivity index (χ0v) is 36.1. The third-order valence-electron chi connectivity index (χ3n) is 9.59. The molecule has 0 unspecified atom stereocenters. The van der Waals surface area contributed by atoms with Gasteiger partial charge < -0.3 is 40.3 Å². The maximum absolute atomic E-state index is 14.2. The molecule has 4 rings (SSSR count). The fraction of sp³-hybridized carbons (Fsp3) is 0.444. The predicted octanol–water partition coefficient (Wildman–Crippen LogP) is 5.14. The Labute approximate surface area is 356 Å². The molecule has 1 aliphatic rings. The molecular formula is C45H57N5O11. The molecule has 0 radical (unpaired) electrons. The van der Waals surface area contributed by atoms with Crippen LogP contribution >= 0.6 is 0 Å². The average molecular weight is 844 g/mol. The maximum Gasteiger partial charge on any atom is 0.408 e. The standard InChI is InChI=1S/C45H57N5O11/c1-26(2)37(42(55)58-24-30-17-11-10-12-18-30)49-40(53)38(27(3)4)50(61-36(51)23-46-39(52)28(5)47-44(57)60-45(7,8)9)41(54)29(6)48-43(56)59-25-35-33-21-15-13-19-31(33)32-20-14-16-22-34(32)35/h10-22,26-29,35,37-38H,23-25H2,1-9H3,(H,46,52)(H,47,57)(H,48,56)(H,49,53)/t28-,29-,37-,38+/m0/s1. The Hall–Kier alpha value is -6.45. The maximum atomic E-state index is 14.2. The second kappa shape index (κ2) is 21.2. The van der Waals surface area contributed by atoms with E-state index in [2.05, 4.69) is 21.3 Å². The molecule has 0 aliphatic heterocycles. The van der Waals surface area contributed by atoms with Crippen LogP contribution in [0.25, 0.3) is 11.1 Å². The highest BCUT2D eigenvalue weighted by Crippen LogP contribution is 2.44. The van der Waals surface area contributed by atoms with Gasteiger partial charge in [-0.3, -0.25) is 14.4 Å². The number of carbonyl (C=O) groups is 7. The van der Waals surface area contributed by atoms with Crippen molar-refractivity contribution < 1.29 is 52.6 Å². The van der Waals surface area contributed by atoms with Crippen LogP contribution in [0, 0.1) is 11.8 Å². The largest absolute Gasteiger partial charge is 0.459 e. The van der Waals surface area contributed by atoms with Gasteiger partial charge in [0, 0.05) is 5.92 Å². The number of hydroxylamine groups is 2. The van der Waals surface area contributed by atoms with Crippen molar-refractivity contribution in [1.29, 1.82) is 0 Å². The number of esters is 1. The molecule has 4 atom stereocenters. The molecule has 0 saturated heterocycles. The summed E-state index contributed by atoms with van der Waals surface area (Å²) in [5.74, 6) is -6.02. The number of rotatable bonds is 16.